The summed E-state index contributed by atoms with van der Waals surface area (Å²) in [7, 11) is -3.11. The summed E-state index contributed by atoms with van der Waals surface area (Å²) in [5.74, 6) is -1.76. The number of pyridine rings is 1. The molecule has 1 aromatic heterocycles. The van der Waals surface area contributed by atoms with Crippen LogP contribution in [0.25, 0.3) is 0 Å². The van der Waals surface area contributed by atoms with Crippen molar-refractivity contribution in [3.8, 4) is 0 Å². The molecule has 3 rings (SSSR count). The van der Waals surface area contributed by atoms with Gasteiger partial charge in [-0.05, 0) is 24.6 Å². The largest absolute Gasteiger partial charge is 0.348 e. The Bertz CT molecular complexity index is 962. The maximum Gasteiger partial charge on any atom is 0.257 e. The van der Waals surface area contributed by atoms with E-state index in [-0.39, 0.29) is 28.3 Å². The van der Waals surface area contributed by atoms with Crippen molar-refractivity contribution in [3.05, 3.63) is 59.7 Å². The average Bonchev–Trinajstić information content (AvgIpc) is 2.95. The van der Waals surface area contributed by atoms with Gasteiger partial charge in [0.2, 0.25) is 0 Å². The predicted molar refractivity (Wildman–Crippen MR) is 93.1 cm³/mol. The van der Waals surface area contributed by atoms with Crippen LogP contribution in [0.4, 0.5) is 10.1 Å². The number of anilines is 1. The van der Waals surface area contributed by atoms with Crippen LogP contribution in [0.1, 0.15) is 27.1 Å². The van der Waals surface area contributed by atoms with Gasteiger partial charge in [0.1, 0.15) is 5.82 Å². The number of benzene rings is 1. The average molecular weight is 377 g/mol. The van der Waals surface area contributed by atoms with Crippen molar-refractivity contribution in [2.45, 2.75) is 12.5 Å². The number of nitrogens with zero attached hydrogens (tertiary/aromatic N) is 1. The number of halogens is 1. The summed E-state index contributed by atoms with van der Waals surface area (Å²) in [6.45, 7) is 0. The van der Waals surface area contributed by atoms with Crippen LogP contribution in [-0.4, -0.2) is 42.8 Å². The van der Waals surface area contributed by atoms with E-state index in [9.17, 15) is 22.4 Å². The van der Waals surface area contributed by atoms with E-state index in [1.54, 1.807) is 6.07 Å². The number of amides is 2. The van der Waals surface area contributed by atoms with E-state index in [2.05, 4.69) is 15.6 Å². The van der Waals surface area contributed by atoms with E-state index in [0.29, 0.717) is 6.42 Å². The molecule has 2 heterocycles. The van der Waals surface area contributed by atoms with E-state index >= 15 is 0 Å². The minimum Gasteiger partial charge on any atom is -0.348 e. The Morgan fingerprint density at radius 2 is 1.81 bits per heavy atom. The van der Waals surface area contributed by atoms with Gasteiger partial charge in [0.25, 0.3) is 11.8 Å². The Kier molecular flexibility index (Phi) is 4.99. The van der Waals surface area contributed by atoms with Gasteiger partial charge < -0.3 is 10.6 Å². The summed E-state index contributed by atoms with van der Waals surface area (Å²) in [6.07, 6.45) is 2.89. The highest BCUT2D eigenvalue weighted by Gasteiger charge is 2.29. The minimum absolute atomic E-state index is 0.0171. The van der Waals surface area contributed by atoms with Crippen molar-refractivity contribution in [1.29, 1.82) is 0 Å². The molecule has 1 unspecified atom stereocenters. The minimum atomic E-state index is -3.11. The number of sulfone groups is 1. The zero-order chi connectivity index (χ0) is 18.7. The first-order valence-electron chi connectivity index (χ1n) is 7.86. The van der Waals surface area contributed by atoms with Crippen molar-refractivity contribution >= 4 is 27.3 Å². The topological polar surface area (TPSA) is 105 Å². The molecule has 1 aliphatic rings. The fraction of sp³-hybridized carbons (Fsp3) is 0.235. The van der Waals surface area contributed by atoms with Gasteiger partial charge in [-0.1, -0.05) is 12.1 Å². The monoisotopic (exact) mass is 377 g/mol. The van der Waals surface area contributed by atoms with Crippen molar-refractivity contribution in [3.63, 3.8) is 0 Å². The van der Waals surface area contributed by atoms with E-state index in [1.807, 2.05) is 0 Å². The maximum atomic E-state index is 13.6. The van der Waals surface area contributed by atoms with Gasteiger partial charge in [-0.15, -0.1) is 0 Å². The molecule has 1 saturated heterocycles. The highest BCUT2D eigenvalue weighted by Crippen LogP contribution is 2.15. The van der Waals surface area contributed by atoms with E-state index < -0.39 is 33.5 Å². The molecule has 0 bridgehead atoms. The van der Waals surface area contributed by atoms with Crippen molar-refractivity contribution < 1.29 is 22.4 Å². The van der Waals surface area contributed by atoms with Crippen LogP contribution in [0.3, 0.4) is 0 Å². The molecular weight excluding hydrogens is 361 g/mol. The summed E-state index contributed by atoms with van der Waals surface area (Å²) in [5, 5.41) is 5.04. The first-order chi connectivity index (χ1) is 12.3. The van der Waals surface area contributed by atoms with Gasteiger partial charge >= 0.3 is 0 Å². The van der Waals surface area contributed by atoms with Crippen molar-refractivity contribution in [2.75, 3.05) is 16.8 Å². The third-order valence-corrected chi connectivity index (χ3v) is 5.72. The van der Waals surface area contributed by atoms with Crippen LogP contribution in [0, 0.1) is 5.82 Å². The summed E-state index contributed by atoms with van der Waals surface area (Å²) < 4.78 is 36.5. The summed E-state index contributed by atoms with van der Waals surface area (Å²) in [5.41, 5.74) is 0.221. The molecule has 1 aliphatic heterocycles. The quantitative estimate of drug-likeness (QED) is 0.838. The first-order valence-corrected chi connectivity index (χ1v) is 9.68. The van der Waals surface area contributed by atoms with Crippen LogP contribution in [0.2, 0.25) is 0 Å². The van der Waals surface area contributed by atoms with Crippen molar-refractivity contribution in [2.24, 2.45) is 0 Å². The molecule has 136 valence electrons. The molecule has 0 radical (unpaired) electrons. The summed E-state index contributed by atoms with van der Waals surface area (Å²) in [4.78, 5) is 28.4. The van der Waals surface area contributed by atoms with Crippen LogP contribution >= 0.6 is 0 Å². The molecule has 9 heteroatoms. The second kappa shape index (κ2) is 7.20. The highest BCUT2D eigenvalue weighted by atomic mass is 32.2. The normalized spacial score (nSPS) is 18.3. The molecule has 1 fully saturated rings. The predicted octanol–water partition coefficient (Wildman–Crippen LogP) is 1.39. The van der Waals surface area contributed by atoms with E-state index in [0.717, 1.165) is 0 Å². The molecule has 7 nitrogen and oxygen atoms in total. The summed E-state index contributed by atoms with van der Waals surface area (Å²) in [6, 6.07) is 6.58. The lowest BCUT2D eigenvalue weighted by molar-refractivity contribution is 0.0940. The van der Waals surface area contributed by atoms with Crippen molar-refractivity contribution in [1.82, 2.24) is 10.3 Å². The molecular formula is C17H16FN3O4S. The standard InChI is InChI=1S/C17H16FN3O4S/c18-14-3-1-2-4-15(14)21-17(23)12-7-11(8-19-9-12)16(22)20-13-5-6-26(24,25)10-13/h1-4,7-9,13H,5-6,10H2,(H,20,22)(H,21,23). The Balaban J connectivity index is 1.70. The van der Waals surface area contributed by atoms with Gasteiger partial charge in [-0.2, -0.15) is 0 Å². The van der Waals surface area contributed by atoms with Gasteiger partial charge in [-0.3, -0.25) is 14.6 Å². The number of carbonyl (C=O) groups is 2. The number of nitrogens with one attached hydrogen (secondary N) is 2. The fourth-order valence-electron chi connectivity index (χ4n) is 2.62. The van der Waals surface area contributed by atoms with E-state index in [4.69, 9.17) is 0 Å². The molecule has 0 spiro atoms. The third-order valence-electron chi connectivity index (χ3n) is 3.95. The number of carbonyl (C=O) groups excluding carboxylic acids is 2. The fourth-order valence-corrected chi connectivity index (χ4v) is 4.30. The second-order valence-electron chi connectivity index (χ2n) is 5.97. The van der Waals surface area contributed by atoms with Crippen LogP contribution in [0.5, 0.6) is 0 Å². The Hall–Kier alpha value is -2.81. The lowest BCUT2D eigenvalue weighted by Gasteiger charge is -2.11. The Labute approximate surface area is 149 Å². The SMILES string of the molecule is O=C(Nc1ccccc1F)c1cncc(C(=O)NC2CCS(=O)(=O)C2)c1. The second-order valence-corrected chi connectivity index (χ2v) is 8.20. The molecule has 26 heavy (non-hydrogen) atoms. The number of hydrogen-bond acceptors (Lipinski definition) is 5. The van der Waals surface area contributed by atoms with Gasteiger partial charge in [-0.25, -0.2) is 12.8 Å². The molecule has 1 aromatic carbocycles. The number of aromatic nitrogens is 1. The zero-order valence-electron chi connectivity index (χ0n) is 13.6. The maximum absolute atomic E-state index is 13.6. The third kappa shape index (κ3) is 4.23. The van der Waals surface area contributed by atoms with Crippen LogP contribution < -0.4 is 10.6 Å². The smallest absolute Gasteiger partial charge is 0.257 e. The molecule has 0 aliphatic carbocycles. The lowest BCUT2D eigenvalue weighted by atomic mass is 10.1. The Morgan fingerprint density at radius 3 is 2.46 bits per heavy atom. The van der Waals surface area contributed by atoms with Crippen LogP contribution in [-0.2, 0) is 9.84 Å². The number of hydrogen-bond donors (Lipinski definition) is 2. The molecule has 0 saturated carbocycles. The zero-order valence-corrected chi connectivity index (χ0v) is 14.4. The first kappa shape index (κ1) is 18.0. The molecule has 2 aromatic rings. The highest BCUT2D eigenvalue weighted by molar-refractivity contribution is 7.91. The van der Waals surface area contributed by atoms with Gasteiger partial charge in [0.05, 0.1) is 28.3 Å². The molecule has 1 atom stereocenters. The Morgan fingerprint density at radius 1 is 1.12 bits per heavy atom. The molecule has 2 amide bonds. The lowest BCUT2D eigenvalue weighted by Crippen LogP contribution is -2.35. The molecule has 2 N–H and O–H groups in total. The van der Waals surface area contributed by atoms with Crippen LogP contribution in [0.15, 0.2) is 42.7 Å². The van der Waals surface area contributed by atoms with Gasteiger partial charge in [0.15, 0.2) is 9.84 Å². The number of para-hydroxylation sites is 1. The number of rotatable bonds is 4. The summed E-state index contributed by atoms with van der Waals surface area (Å²) >= 11 is 0. The van der Waals surface area contributed by atoms with E-state index in [1.165, 1.54) is 36.7 Å². The van der Waals surface area contributed by atoms with Gasteiger partial charge in [0, 0.05) is 18.4 Å².